The summed E-state index contributed by atoms with van der Waals surface area (Å²) < 4.78 is 10.8. The van der Waals surface area contributed by atoms with Gasteiger partial charge >= 0.3 is 5.97 Å². The molecule has 2 fully saturated rings. The Kier molecular flexibility index (Phi) is 3.28. The summed E-state index contributed by atoms with van der Waals surface area (Å²) in [6.07, 6.45) is 0.518. The molecule has 0 bridgehead atoms. The fraction of sp³-hybridized carbons (Fsp3) is 0.588. The minimum atomic E-state index is -0.648. The van der Waals surface area contributed by atoms with Gasteiger partial charge in [-0.1, -0.05) is 0 Å². The summed E-state index contributed by atoms with van der Waals surface area (Å²) in [4.78, 5) is 14.6. The highest BCUT2D eigenvalue weighted by Crippen LogP contribution is 2.49. The van der Waals surface area contributed by atoms with Gasteiger partial charge in [-0.15, -0.1) is 0 Å². The van der Waals surface area contributed by atoms with E-state index in [9.17, 15) is 15.0 Å². The third-order valence-electron chi connectivity index (χ3n) is 5.66. The van der Waals surface area contributed by atoms with Crippen LogP contribution in [0.2, 0.25) is 0 Å². The van der Waals surface area contributed by atoms with Gasteiger partial charge in [0.1, 0.15) is 6.10 Å². The number of aliphatic hydroxyl groups excluding tert-OH is 1. The second-order valence-corrected chi connectivity index (χ2v) is 6.83. The van der Waals surface area contributed by atoms with E-state index < -0.39 is 18.2 Å². The third-order valence-corrected chi connectivity index (χ3v) is 5.66. The molecular formula is C17H21NO5. The van der Waals surface area contributed by atoms with Gasteiger partial charge < -0.3 is 24.6 Å². The van der Waals surface area contributed by atoms with Crippen molar-refractivity contribution in [3.63, 3.8) is 0 Å². The standard InChI is InChI=1S/C17H21NO5/c1-18-4-3-8-5-12(20)16-14(15(8)18)9-7-13(22-2)11(19)6-10(9)17(21)23-16/h6-8,12,14-16,19-20H,3-5H2,1-2H3. The number of aliphatic hydroxyl groups is 1. The number of benzene rings is 1. The number of methoxy groups -OCH3 is 1. The van der Waals surface area contributed by atoms with Gasteiger partial charge in [0.2, 0.25) is 0 Å². The van der Waals surface area contributed by atoms with Gasteiger partial charge in [-0.25, -0.2) is 4.79 Å². The summed E-state index contributed by atoms with van der Waals surface area (Å²) in [5, 5.41) is 20.5. The zero-order chi connectivity index (χ0) is 16.3. The molecule has 6 nitrogen and oxygen atoms in total. The molecule has 0 spiro atoms. The molecule has 5 atom stereocenters. The summed E-state index contributed by atoms with van der Waals surface area (Å²) in [5.41, 5.74) is 1.18. The lowest BCUT2D eigenvalue weighted by Crippen LogP contribution is -2.54. The number of aromatic hydroxyl groups is 1. The molecule has 1 saturated carbocycles. The van der Waals surface area contributed by atoms with E-state index in [1.165, 1.54) is 13.2 Å². The van der Waals surface area contributed by atoms with Crippen LogP contribution < -0.4 is 4.74 Å². The molecule has 0 aromatic heterocycles. The highest BCUT2D eigenvalue weighted by atomic mass is 16.6. The predicted octanol–water partition coefficient (Wildman–Crippen LogP) is 1.11. The van der Waals surface area contributed by atoms with Crippen molar-refractivity contribution in [2.75, 3.05) is 20.7 Å². The van der Waals surface area contributed by atoms with Gasteiger partial charge in [0, 0.05) is 12.0 Å². The summed E-state index contributed by atoms with van der Waals surface area (Å²) in [5.74, 6) is 0.0697. The van der Waals surface area contributed by atoms with E-state index in [-0.39, 0.29) is 17.7 Å². The van der Waals surface area contributed by atoms with E-state index in [0.29, 0.717) is 23.7 Å². The minimum absolute atomic E-state index is 0.0747. The maximum atomic E-state index is 12.3. The number of esters is 1. The molecule has 124 valence electrons. The number of likely N-dealkylation sites (N-methyl/N-ethyl adjacent to an activating group) is 1. The van der Waals surface area contributed by atoms with E-state index in [1.807, 2.05) is 0 Å². The van der Waals surface area contributed by atoms with Gasteiger partial charge in [-0.05, 0) is 50.0 Å². The van der Waals surface area contributed by atoms with Gasteiger partial charge in [-0.2, -0.15) is 0 Å². The van der Waals surface area contributed by atoms with Crippen molar-refractivity contribution >= 4 is 5.97 Å². The number of phenols is 1. The highest BCUT2D eigenvalue weighted by molar-refractivity contribution is 5.93. The first-order valence-electron chi connectivity index (χ1n) is 8.01. The number of fused-ring (bicyclic) bond motifs is 5. The van der Waals surface area contributed by atoms with E-state index >= 15 is 0 Å². The lowest BCUT2D eigenvalue weighted by molar-refractivity contribution is -0.0779. The predicted molar refractivity (Wildman–Crippen MR) is 81.8 cm³/mol. The van der Waals surface area contributed by atoms with E-state index in [2.05, 4.69) is 11.9 Å². The maximum absolute atomic E-state index is 12.3. The molecule has 0 radical (unpaired) electrons. The highest BCUT2D eigenvalue weighted by Gasteiger charge is 2.53. The molecule has 23 heavy (non-hydrogen) atoms. The molecular weight excluding hydrogens is 298 g/mol. The van der Waals surface area contributed by atoms with Crippen molar-refractivity contribution in [2.24, 2.45) is 5.92 Å². The molecule has 1 saturated heterocycles. The van der Waals surface area contributed by atoms with E-state index in [1.54, 1.807) is 6.07 Å². The summed E-state index contributed by atoms with van der Waals surface area (Å²) >= 11 is 0. The topological polar surface area (TPSA) is 79.2 Å². The van der Waals surface area contributed by atoms with Crippen LogP contribution in [0.3, 0.4) is 0 Å². The molecule has 1 aromatic rings. The number of nitrogens with zero attached hydrogens (tertiary/aromatic N) is 1. The van der Waals surface area contributed by atoms with Crippen molar-refractivity contribution in [1.82, 2.24) is 4.90 Å². The quantitative estimate of drug-likeness (QED) is 0.755. The maximum Gasteiger partial charge on any atom is 0.338 e. The molecule has 2 N–H and O–H groups in total. The number of hydrogen-bond acceptors (Lipinski definition) is 6. The molecule has 0 amide bonds. The molecule has 3 aliphatic rings. The minimum Gasteiger partial charge on any atom is -0.504 e. The monoisotopic (exact) mass is 319 g/mol. The Morgan fingerprint density at radius 3 is 2.91 bits per heavy atom. The summed E-state index contributed by atoms with van der Waals surface area (Å²) in [6.45, 7) is 0.976. The number of hydrogen-bond donors (Lipinski definition) is 2. The average molecular weight is 319 g/mol. The van der Waals surface area contributed by atoms with Crippen molar-refractivity contribution in [1.29, 1.82) is 0 Å². The van der Waals surface area contributed by atoms with Crippen LogP contribution in [0.25, 0.3) is 0 Å². The van der Waals surface area contributed by atoms with Crippen LogP contribution in [-0.4, -0.2) is 60.0 Å². The smallest absolute Gasteiger partial charge is 0.338 e. The van der Waals surface area contributed by atoms with Gasteiger partial charge in [0.15, 0.2) is 11.5 Å². The van der Waals surface area contributed by atoms with Gasteiger partial charge in [0.05, 0.1) is 18.8 Å². The van der Waals surface area contributed by atoms with Crippen LogP contribution in [-0.2, 0) is 4.74 Å². The Bertz CT molecular complexity index is 661. The van der Waals surface area contributed by atoms with Crippen molar-refractivity contribution < 1.29 is 24.5 Å². The lowest BCUT2D eigenvalue weighted by Gasteiger charge is -2.47. The van der Waals surface area contributed by atoms with Gasteiger partial charge in [-0.3, -0.25) is 0 Å². The zero-order valence-corrected chi connectivity index (χ0v) is 13.2. The first kappa shape index (κ1) is 14.8. The number of carbonyl (C=O) groups excluding carboxylic acids is 1. The number of phenolic OH excluding ortho intramolecular Hbond substituents is 1. The SMILES string of the molecule is COc1cc2c(cc1O)C(=O)OC1C(O)CC3CCN(C)C3C21. The lowest BCUT2D eigenvalue weighted by atomic mass is 9.69. The first-order chi connectivity index (χ1) is 11.0. The fourth-order valence-electron chi connectivity index (χ4n) is 4.65. The second kappa shape index (κ2) is 5.11. The Labute approximate surface area is 134 Å². The van der Waals surface area contributed by atoms with Crippen LogP contribution >= 0.6 is 0 Å². The van der Waals surface area contributed by atoms with Crippen LogP contribution in [0.15, 0.2) is 12.1 Å². The number of carbonyl (C=O) groups is 1. The van der Waals surface area contributed by atoms with Gasteiger partial charge in [0.25, 0.3) is 0 Å². The molecule has 1 aromatic carbocycles. The van der Waals surface area contributed by atoms with Crippen LogP contribution in [0.1, 0.15) is 34.7 Å². The third kappa shape index (κ3) is 2.05. The zero-order valence-electron chi connectivity index (χ0n) is 13.2. The van der Waals surface area contributed by atoms with Crippen LogP contribution in [0.5, 0.6) is 11.5 Å². The van der Waals surface area contributed by atoms with Crippen LogP contribution in [0.4, 0.5) is 0 Å². The van der Waals surface area contributed by atoms with Crippen molar-refractivity contribution in [2.45, 2.75) is 37.0 Å². The fourth-order valence-corrected chi connectivity index (χ4v) is 4.65. The second-order valence-electron chi connectivity index (χ2n) is 6.83. The Balaban J connectivity index is 1.87. The molecule has 6 heteroatoms. The van der Waals surface area contributed by atoms with Crippen LogP contribution in [0, 0.1) is 5.92 Å². The molecule has 2 heterocycles. The van der Waals surface area contributed by atoms with E-state index in [4.69, 9.17) is 9.47 Å². The molecule has 4 rings (SSSR count). The van der Waals surface area contributed by atoms with E-state index in [0.717, 1.165) is 18.5 Å². The Hall–Kier alpha value is -1.79. The van der Waals surface area contributed by atoms with Crippen molar-refractivity contribution in [3.05, 3.63) is 23.3 Å². The average Bonchev–Trinajstić information content (AvgIpc) is 2.88. The Morgan fingerprint density at radius 1 is 1.39 bits per heavy atom. The number of likely N-dealkylation sites (tertiary alicyclic amines) is 1. The van der Waals surface area contributed by atoms with Crippen molar-refractivity contribution in [3.8, 4) is 11.5 Å². The summed E-state index contributed by atoms with van der Waals surface area (Å²) in [6, 6.07) is 3.37. The number of ether oxygens (including phenoxy) is 2. The Morgan fingerprint density at radius 2 is 2.17 bits per heavy atom. The normalized spacial score (nSPS) is 36.0. The molecule has 5 unspecified atom stereocenters. The first-order valence-corrected chi connectivity index (χ1v) is 8.01. The number of rotatable bonds is 1. The molecule has 1 aliphatic carbocycles. The summed E-state index contributed by atoms with van der Waals surface area (Å²) in [7, 11) is 3.56. The largest absolute Gasteiger partial charge is 0.504 e. The molecule has 2 aliphatic heterocycles.